The fourth-order valence-electron chi connectivity index (χ4n) is 4.45. The number of nitrogens with one attached hydrogen (secondary N) is 2. The van der Waals surface area contributed by atoms with Gasteiger partial charge >= 0.3 is 0 Å². The number of likely N-dealkylation sites (N-methyl/N-ethyl adjacent to an activating group) is 1. The Morgan fingerprint density at radius 3 is 2.31 bits per heavy atom. The average Bonchev–Trinajstić information content (AvgIpc) is 2.77. The molecule has 0 aromatic heterocycles. The summed E-state index contributed by atoms with van der Waals surface area (Å²) in [7, 11) is 0. The van der Waals surface area contributed by atoms with E-state index in [1.807, 2.05) is 19.9 Å². The molecule has 4 rings (SSSR count). The van der Waals surface area contributed by atoms with Gasteiger partial charge in [-0.3, -0.25) is 14.4 Å². The third-order valence-electron chi connectivity index (χ3n) is 6.39. The van der Waals surface area contributed by atoms with Crippen molar-refractivity contribution in [3.63, 3.8) is 0 Å². The molecule has 1 spiro atoms. The SMILES string of the molecule is CCN1C(=O)C2(CCC2)Oc2cc(NC(=O)CC(C)CC(=O)Nc3ccc(C#N)c(Cl)c3)ccc21. The molecule has 3 amide bonds. The van der Waals surface area contributed by atoms with E-state index in [1.165, 1.54) is 6.07 Å². The number of halogens is 1. The van der Waals surface area contributed by atoms with Crippen LogP contribution in [0.15, 0.2) is 36.4 Å². The zero-order valence-electron chi connectivity index (χ0n) is 19.7. The summed E-state index contributed by atoms with van der Waals surface area (Å²) in [4.78, 5) is 39.6. The highest BCUT2D eigenvalue weighted by Gasteiger charge is 2.52. The van der Waals surface area contributed by atoms with Gasteiger partial charge in [-0.25, -0.2) is 0 Å². The third-order valence-corrected chi connectivity index (χ3v) is 6.71. The fourth-order valence-corrected chi connectivity index (χ4v) is 4.67. The van der Waals surface area contributed by atoms with Crippen molar-refractivity contribution in [2.75, 3.05) is 22.1 Å². The molecule has 0 saturated heterocycles. The average molecular weight is 495 g/mol. The number of carbonyl (C=O) groups excluding carboxylic acids is 3. The number of nitrogens with zero attached hydrogens (tertiary/aromatic N) is 2. The van der Waals surface area contributed by atoms with E-state index in [0.29, 0.717) is 47.8 Å². The number of hydrogen-bond donors (Lipinski definition) is 2. The Hall–Kier alpha value is -3.57. The number of anilines is 3. The van der Waals surface area contributed by atoms with Crippen molar-refractivity contribution < 1.29 is 19.1 Å². The highest BCUT2D eigenvalue weighted by atomic mass is 35.5. The molecule has 9 heteroatoms. The number of rotatable bonds is 7. The molecule has 1 heterocycles. The lowest BCUT2D eigenvalue weighted by Crippen LogP contribution is -2.59. The van der Waals surface area contributed by atoms with Gasteiger partial charge in [-0.1, -0.05) is 18.5 Å². The van der Waals surface area contributed by atoms with Gasteiger partial charge in [0.1, 0.15) is 11.8 Å². The van der Waals surface area contributed by atoms with E-state index in [1.54, 1.807) is 35.2 Å². The maximum Gasteiger partial charge on any atom is 0.271 e. The summed E-state index contributed by atoms with van der Waals surface area (Å²) < 4.78 is 6.11. The van der Waals surface area contributed by atoms with Crippen LogP contribution in [-0.4, -0.2) is 29.9 Å². The van der Waals surface area contributed by atoms with Crippen LogP contribution >= 0.6 is 11.6 Å². The number of carbonyl (C=O) groups is 3. The summed E-state index contributed by atoms with van der Waals surface area (Å²) in [5.74, 6) is -0.0693. The van der Waals surface area contributed by atoms with Crippen molar-refractivity contribution in [1.82, 2.24) is 0 Å². The molecule has 0 radical (unpaired) electrons. The summed E-state index contributed by atoms with van der Waals surface area (Å²) >= 11 is 6.00. The van der Waals surface area contributed by atoms with E-state index in [2.05, 4.69) is 10.6 Å². The first-order valence-corrected chi connectivity index (χ1v) is 12.1. The number of ether oxygens (including phenoxy) is 1. The minimum atomic E-state index is -0.771. The summed E-state index contributed by atoms with van der Waals surface area (Å²) in [5, 5.41) is 14.8. The topological polar surface area (TPSA) is 112 Å². The first-order chi connectivity index (χ1) is 16.7. The van der Waals surface area contributed by atoms with Crippen molar-refractivity contribution in [1.29, 1.82) is 5.26 Å². The Morgan fingerprint density at radius 2 is 1.77 bits per heavy atom. The quantitative estimate of drug-likeness (QED) is 0.570. The Labute approximate surface area is 209 Å². The van der Waals surface area contributed by atoms with Gasteiger partial charge in [0.25, 0.3) is 5.91 Å². The summed E-state index contributed by atoms with van der Waals surface area (Å²) in [6, 6.07) is 11.9. The van der Waals surface area contributed by atoms with Crippen LogP contribution < -0.4 is 20.3 Å². The lowest BCUT2D eigenvalue weighted by atomic mass is 9.77. The maximum atomic E-state index is 12.8. The number of amides is 3. The van der Waals surface area contributed by atoms with Gasteiger partial charge in [0.2, 0.25) is 11.8 Å². The molecule has 2 aliphatic rings. The van der Waals surface area contributed by atoms with E-state index in [9.17, 15) is 14.4 Å². The fraction of sp³-hybridized carbons (Fsp3) is 0.385. The smallest absolute Gasteiger partial charge is 0.271 e. The highest BCUT2D eigenvalue weighted by molar-refractivity contribution is 6.32. The molecule has 35 heavy (non-hydrogen) atoms. The molecule has 1 saturated carbocycles. The number of nitriles is 1. The van der Waals surface area contributed by atoms with Crippen LogP contribution in [0.4, 0.5) is 17.1 Å². The number of fused-ring (bicyclic) bond motifs is 1. The van der Waals surface area contributed by atoms with Crippen molar-refractivity contribution in [2.45, 2.75) is 51.6 Å². The minimum Gasteiger partial charge on any atom is -0.475 e. The summed E-state index contributed by atoms with van der Waals surface area (Å²) in [5.41, 5.74) is 1.35. The minimum absolute atomic E-state index is 0.00548. The molecular weight excluding hydrogens is 468 g/mol. The summed E-state index contributed by atoms with van der Waals surface area (Å²) in [6.07, 6.45) is 2.66. The van der Waals surface area contributed by atoms with E-state index in [0.717, 1.165) is 6.42 Å². The van der Waals surface area contributed by atoms with E-state index < -0.39 is 5.60 Å². The standard InChI is InChI=1S/C26H27ClN4O4/c1-3-31-21-8-7-19(14-22(21)35-26(25(31)34)9-4-10-26)30-24(33)12-16(2)11-23(32)29-18-6-5-17(15-28)20(27)13-18/h5-8,13-14,16H,3-4,9-12H2,1-2H3,(H,29,32)(H,30,33). The monoisotopic (exact) mass is 494 g/mol. The molecular formula is C26H27ClN4O4. The van der Waals surface area contributed by atoms with Crippen molar-refractivity contribution in [2.24, 2.45) is 5.92 Å². The van der Waals surface area contributed by atoms with Crippen LogP contribution in [0.1, 0.15) is 51.5 Å². The van der Waals surface area contributed by atoms with Crippen LogP contribution in [-0.2, 0) is 14.4 Å². The number of benzene rings is 2. The zero-order chi connectivity index (χ0) is 25.2. The Balaban J connectivity index is 1.33. The van der Waals surface area contributed by atoms with Gasteiger partial charge in [-0.15, -0.1) is 0 Å². The lowest BCUT2D eigenvalue weighted by Gasteiger charge is -2.47. The molecule has 1 atom stereocenters. The van der Waals surface area contributed by atoms with Crippen LogP contribution in [0, 0.1) is 17.2 Å². The predicted octanol–water partition coefficient (Wildman–Crippen LogP) is 4.87. The Morgan fingerprint density at radius 1 is 1.14 bits per heavy atom. The Bertz CT molecular complexity index is 1220. The second-order valence-electron chi connectivity index (χ2n) is 9.10. The van der Waals surface area contributed by atoms with Gasteiger partial charge < -0.3 is 20.3 Å². The molecule has 2 aromatic carbocycles. The van der Waals surface area contributed by atoms with Crippen LogP contribution in [0.2, 0.25) is 5.02 Å². The normalized spacial score (nSPS) is 16.4. The third kappa shape index (κ3) is 5.10. The second-order valence-corrected chi connectivity index (χ2v) is 9.51. The van der Waals surface area contributed by atoms with Gasteiger partial charge in [0.15, 0.2) is 5.60 Å². The van der Waals surface area contributed by atoms with E-state index in [-0.39, 0.29) is 41.5 Å². The van der Waals surface area contributed by atoms with Crippen molar-refractivity contribution in [3.8, 4) is 11.8 Å². The van der Waals surface area contributed by atoms with Crippen LogP contribution in [0.5, 0.6) is 5.75 Å². The lowest BCUT2D eigenvalue weighted by molar-refractivity contribution is -0.143. The molecule has 182 valence electrons. The molecule has 1 unspecified atom stereocenters. The first kappa shape index (κ1) is 24.6. The molecule has 2 N–H and O–H groups in total. The predicted molar refractivity (Wildman–Crippen MR) is 134 cm³/mol. The molecule has 2 aromatic rings. The zero-order valence-corrected chi connectivity index (χ0v) is 20.4. The van der Waals surface area contributed by atoms with Crippen molar-refractivity contribution in [3.05, 3.63) is 47.0 Å². The molecule has 8 nitrogen and oxygen atoms in total. The van der Waals surface area contributed by atoms with Gasteiger partial charge in [0.05, 0.1) is 16.3 Å². The Kier molecular flexibility index (Phi) is 6.99. The summed E-state index contributed by atoms with van der Waals surface area (Å²) in [6.45, 7) is 4.31. The van der Waals surface area contributed by atoms with Gasteiger partial charge in [-0.05, 0) is 62.4 Å². The maximum absolute atomic E-state index is 12.8. The van der Waals surface area contributed by atoms with Gasteiger partial charge in [0, 0.05) is 36.8 Å². The highest BCUT2D eigenvalue weighted by Crippen LogP contribution is 2.47. The van der Waals surface area contributed by atoms with Gasteiger partial charge in [-0.2, -0.15) is 5.26 Å². The van der Waals surface area contributed by atoms with E-state index in [4.69, 9.17) is 21.6 Å². The van der Waals surface area contributed by atoms with Crippen LogP contribution in [0.3, 0.4) is 0 Å². The second kappa shape index (κ2) is 9.96. The molecule has 1 aliphatic carbocycles. The van der Waals surface area contributed by atoms with Crippen LogP contribution in [0.25, 0.3) is 0 Å². The first-order valence-electron chi connectivity index (χ1n) is 11.7. The molecule has 1 aliphatic heterocycles. The number of hydrogen-bond acceptors (Lipinski definition) is 5. The molecule has 0 bridgehead atoms. The molecule has 1 fully saturated rings. The van der Waals surface area contributed by atoms with Crippen molar-refractivity contribution >= 4 is 46.4 Å². The van der Waals surface area contributed by atoms with E-state index >= 15 is 0 Å². The largest absolute Gasteiger partial charge is 0.475 e.